The Kier molecular flexibility index (Phi) is 4.88. The van der Waals surface area contributed by atoms with Crippen molar-refractivity contribution >= 4 is 11.8 Å². The van der Waals surface area contributed by atoms with Crippen molar-refractivity contribution in [3.63, 3.8) is 0 Å². The molecule has 2 aromatic carbocycles. The molecular formula is C18H18O3. The van der Waals surface area contributed by atoms with Crippen LogP contribution in [0, 0.1) is 6.92 Å². The third-order valence-corrected chi connectivity index (χ3v) is 3.25. The first-order chi connectivity index (χ1) is 10.1. The summed E-state index contributed by atoms with van der Waals surface area (Å²) in [6.07, 6.45) is 0. The smallest absolute Gasteiger partial charge is 0.321 e. The van der Waals surface area contributed by atoms with Gasteiger partial charge in [0.05, 0.1) is 6.61 Å². The van der Waals surface area contributed by atoms with Crippen LogP contribution in [-0.2, 0) is 9.53 Å². The molecule has 0 fully saturated rings. The highest BCUT2D eigenvalue weighted by Gasteiger charge is 2.30. The number of rotatable bonds is 5. The number of esters is 1. The molecule has 1 atom stereocenters. The summed E-state index contributed by atoms with van der Waals surface area (Å²) in [6, 6.07) is 16.2. The first-order valence-electron chi connectivity index (χ1n) is 6.96. The van der Waals surface area contributed by atoms with E-state index in [1.165, 1.54) is 0 Å². The van der Waals surface area contributed by atoms with Crippen LogP contribution in [0.3, 0.4) is 0 Å². The Morgan fingerprint density at radius 3 is 2.19 bits per heavy atom. The van der Waals surface area contributed by atoms with Crippen molar-refractivity contribution in [1.29, 1.82) is 0 Å². The number of carbonyl (C=O) groups is 2. The molecule has 0 heterocycles. The molecule has 21 heavy (non-hydrogen) atoms. The fraction of sp³-hybridized carbons (Fsp3) is 0.222. The van der Waals surface area contributed by atoms with E-state index < -0.39 is 11.9 Å². The molecule has 0 bridgehead atoms. The summed E-state index contributed by atoms with van der Waals surface area (Å²) in [5.74, 6) is -1.65. The van der Waals surface area contributed by atoms with Gasteiger partial charge >= 0.3 is 5.97 Å². The number of hydrogen-bond acceptors (Lipinski definition) is 3. The van der Waals surface area contributed by atoms with Gasteiger partial charge in [0.25, 0.3) is 0 Å². The molecule has 0 aromatic heterocycles. The summed E-state index contributed by atoms with van der Waals surface area (Å²) >= 11 is 0. The Labute approximate surface area is 124 Å². The lowest BCUT2D eigenvalue weighted by Gasteiger charge is -2.15. The maximum absolute atomic E-state index is 12.6. The van der Waals surface area contributed by atoms with Crippen molar-refractivity contribution in [3.8, 4) is 0 Å². The number of Topliss-reactive ketones (excluding diaryl/α,β-unsaturated/α-hetero) is 1. The Balaban J connectivity index is 2.39. The Bertz CT molecular complexity index is 615. The molecule has 0 aliphatic rings. The number of ether oxygens (including phenoxy) is 1. The molecule has 3 heteroatoms. The van der Waals surface area contributed by atoms with Gasteiger partial charge in [-0.25, -0.2) is 0 Å². The molecule has 0 saturated heterocycles. The number of benzene rings is 2. The molecular weight excluding hydrogens is 264 g/mol. The van der Waals surface area contributed by atoms with Gasteiger partial charge in [-0.3, -0.25) is 9.59 Å². The molecule has 3 nitrogen and oxygen atoms in total. The maximum Gasteiger partial charge on any atom is 0.321 e. The highest BCUT2D eigenvalue weighted by Crippen LogP contribution is 2.23. The molecule has 0 radical (unpaired) electrons. The van der Waals surface area contributed by atoms with Crippen LogP contribution in [0.4, 0.5) is 0 Å². The van der Waals surface area contributed by atoms with E-state index in [0.29, 0.717) is 11.1 Å². The average molecular weight is 282 g/mol. The first kappa shape index (κ1) is 15.0. The van der Waals surface area contributed by atoms with Crippen LogP contribution in [-0.4, -0.2) is 18.4 Å². The normalized spacial score (nSPS) is 11.7. The van der Waals surface area contributed by atoms with Gasteiger partial charge in [0.1, 0.15) is 5.92 Å². The molecule has 0 saturated carbocycles. The van der Waals surface area contributed by atoms with Gasteiger partial charge < -0.3 is 4.74 Å². The summed E-state index contributed by atoms with van der Waals surface area (Å²) in [6.45, 7) is 3.95. The van der Waals surface area contributed by atoms with Gasteiger partial charge in [-0.2, -0.15) is 0 Å². The number of carbonyl (C=O) groups excluding carboxylic acids is 2. The molecule has 2 aromatic rings. The first-order valence-corrected chi connectivity index (χ1v) is 6.96. The van der Waals surface area contributed by atoms with Crippen LogP contribution >= 0.6 is 0 Å². The molecule has 2 rings (SSSR count). The quantitative estimate of drug-likeness (QED) is 0.479. The van der Waals surface area contributed by atoms with Crippen molar-refractivity contribution in [1.82, 2.24) is 0 Å². The van der Waals surface area contributed by atoms with Gasteiger partial charge in [0, 0.05) is 5.56 Å². The molecule has 108 valence electrons. The van der Waals surface area contributed by atoms with Gasteiger partial charge in [0.2, 0.25) is 0 Å². The standard InChI is InChI=1S/C18H18O3/c1-3-21-18(20)16(14-11-9-13(2)10-12-14)17(19)15-7-5-4-6-8-15/h4-12,16H,3H2,1-2H3. The van der Waals surface area contributed by atoms with E-state index >= 15 is 0 Å². The summed E-state index contributed by atoms with van der Waals surface area (Å²) < 4.78 is 5.07. The molecule has 0 aliphatic carbocycles. The van der Waals surface area contributed by atoms with Crippen LogP contribution in [0.1, 0.15) is 34.3 Å². The van der Waals surface area contributed by atoms with E-state index in [4.69, 9.17) is 4.74 Å². The molecule has 1 unspecified atom stereocenters. The number of aryl methyl sites for hydroxylation is 1. The Morgan fingerprint density at radius 1 is 1.00 bits per heavy atom. The summed E-state index contributed by atoms with van der Waals surface area (Å²) in [7, 11) is 0. The van der Waals surface area contributed by atoms with Gasteiger partial charge in [0.15, 0.2) is 5.78 Å². The second-order valence-corrected chi connectivity index (χ2v) is 4.83. The average Bonchev–Trinajstić information content (AvgIpc) is 2.50. The zero-order valence-corrected chi connectivity index (χ0v) is 12.2. The Hall–Kier alpha value is -2.42. The minimum atomic E-state index is -0.909. The van der Waals surface area contributed by atoms with Crippen molar-refractivity contribution in [2.45, 2.75) is 19.8 Å². The SMILES string of the molecule is CCOC(=O)C(C(=O)c1ccccc1)c1ccc(C)cc1. The summed E-state index contributed by atoms with van der Waals surface area (Å²) in [5, 5.41) is 0. The molecule has 0 aliphatic heterocycles. The van der Waals surface area contributed by atoms with Gasteiger partial charge in [-0.1, -0.05) is 60.2 Å². The highest BCUT2D eigenvalue weighted by atomic mass is 16.5. The monoisotopic (exact) mass is 282 g/mol. The second-order valence-electron chi connectivity index (χ2n) is 4.83. The van der Waals surface area contributed by atoms with E-state index in [9.17, 15) is 9.59 Å². The molecule has 0 N–H and O–H groups in total. The highest BCUT2D eigenvalue weighted by molar-refractivity contribution is 6.12. The third-order valence-electron chi connectivity index (χ3n) is 3.25. The lowest BCUT2D eigenvalue weighted by atomic mass is 9.90. The van der Waals surface area contributed by atoms with E-state index in [2.05, 4.69) is 0 Å². The van der Waals surface area contributed by atoms with Crippen LogP contribution in [0.2, 0.25) is 0 Å². The number of ketones is 1. The van der Waals surface area contributed by atoms with Crippen LogP contribution in [0.5, 0.6) is 0 Å². The zero-order valence-electron chi connectivity index (χ0n) is 12.2. The predicted octanol–water partition coefficient (Wildman–Crippen LogP) is 3.52. The minimum Gasteiger partial charge on any atom is -0.465 e. The van der Waals surface area contributed by atoms with E-state index in [1.807, 2.05) is 25.1 Å². The Morgan fingerprint density at radius 2 is 1.62 bits per heavy atom. The lowest BCUT2D eigenvalue weighted by molar-refractivity contribution is -0.143. The van der Waals surface area contributed by atoms with Crippen molar-refractivity contribution in [3.05, 3.63) is 71.3 Å². The van der Waals surface area contributed by atoms with E-state index in [1.54, 1.807) is 43.3 Å². The predicted molar refractivity (Wildman–Crippen MR) is 81.3 cm³/mol. The lowest BCUT2D eigenvalue weighted by Crippen LogP contribution is -2.24. The largest absolute Gasteiger partial charge is 0.465 e. The summed E-state index contributed by atoms with van der Waals surface area (Å²) in [4.78, 5) is 24.8. The van der Waals surface area contributed by atoms with Crippen molar-refractivity contribution < 1.29 is 14.3 Å². The third kappa shape index (κ3) is 3.57. The molecule has 0 spiro atoms. The second kappa shape index (κ2) is 6.84. The van der Waals surface area contributed by atoms with E-state index in [-0.39, 0.29) is 12.4 Å². The number of hydrogen-bond donors (Lipinski definition) is 0. The topological polar surface area (TPSA) is 43.4 Å². The van der Waals surface area contributed by atoms with Crippen molar-refractivity contribution in [2.24, 2.45) is 0 Å². The maximum atomic E-state index is 12.6. The summed E-state index contributed by atoms with van der Waals surface area (Å²) in [5.41, 5.74) is 2.25. The van der Waals surface area contributed by atoms with Gasteiger partial charge in [-0.15, -0.1) is 0 Å². The van der Waals surface area contributed by atoms with Gasteiger partial charge in [-0.05, 0) is 19.4 Å². The van der Waals surface area contributed by atoms with Crippen molar-refractivity contribution in [2.75, 3.05) is 6.61 Å². The van der Waals surface area contributed by atoms with Crippen LogP contribution in [0.25, 0.3) is 0 Å². The van der Waals surface area contributed by atoms with E-state index in [0.717, 1.165) is 5.56 Å². The fourth-order valence-corrected chi connectivity index (χ4v) is 2.15. The molecule has 0 amide bonds. The minimum absolute atomic E-state index is 0.238. The van der Waals surface area contributed by atoms with Crippen LogP contribution < -0.4 is 0 Å². The fourth-order valence-electron chi connectivity index (χ4n) is 2.15. The van der Waals surface area contributed by atoms with Crippen LogP contribution in [0.15, 0.2) is 54.6 Å². The zero-order chi connectivity index (χ0) is 15.2.